The number of ether oxygens (including phenoxy) is 1. The summed E-state index contributed by atoms with van der Waals surface area (Å²) in [6, 6.07) is 15.3. The van der Waals surface area contributed by atoms with E-state index in [1.54, 1.807) is 64.9 Å². The Bertz CT molecular complexity index is 1370. The summed E-state index contributed by atoms with van der Waals surface area (Å²) in [5, 5.41) is 10.6. The van der Waals surface area contributed by atoms with E-state index in [1.807, 2.05) is 42.5 Å². The van der Waals surface area contributed by atoms with E-state index in [2.05, 4.69) is 29.1 Å². The molecule has 5 rings (SSSR count). The molecule has 0 aliphatic carbocycles. The van der Waals surface area contributed by atoms with Gasteiger partial charge in [-0.25, -0.2) is 0 Å². The first-order valence-electron chi connectivity index (χ1n) is 14.4. The lowest BCUT2D eigenvalue weighted by molar-refractivity contribution is -0.144. The minimum absolute atomic E-state index is 0.0570. The van der Waals surface area contributed by atoms with Crippen molar-refractivity contribution in [3.63, 3.8) is 0 Å². The minimum atomic E-state index is -0.898. The summed E-state index contributed by atoms with van der Waals surface area (Å²) in [5.74, 6) is -1.28. The van der Waals surface area contributed by atoms with Gasteiger partial charge in [-0.05, 0) is 42.7 Å². The van der Waals surface area contributed by atoms with Crippen molar-refractivity contribution in [3.05, 3.63) is 85.5 Å². The van der Waals surface area contributed by atoms with Crippen molar-refractivity contribution >= 4 is 51.1 Å². The second kappa shape index (κ2) is 12.9. The zero-order valence-electron chi connectivity index (χ0n) is 24.5. The topological polar surface area (TPSA) is 90.4 Å². The maximum absolute atomic E-state index is 14.9. The summed E-state index contributed by atoms with van der Waals surface area (Å²) in [5.41, 5.74) is 1.59. The van der Waals surface area contributed by atoms with Crippen LogP contribution in [0, 0.1) is 11.8 Å². The molecule has 2 aromatic rings. The van der Waals surface area contributed by atoms with Crippen LogP contribution in [0.5, 0.6) is 5.75 Å². The zero-order valence-corrected chi connectivity index (χ0v) is 26.9. The van der Waals surface area contributed by atoms with Gasteiger partial charge in [0, 0.05) is 35.9 Å². The SMILES string of the molecule is C=CCN(C)C(=O)[C@H]1[C@@H]2SC3(CC2Br)C(C(=O)N(CC=C)c2ccc(OC)cc2)N([C@@H](CO)Cc2ccccc2)C(=O)[C@H]13. The van der Waals surface area contributed by atoms with Crippen molar-refractivity contribution in [3.8, 4) is 5.75 Å². The van der Waals surface area contributed by atoms with Crippen LogP contribution in [0.25, 0.3) is 0 Å². The van der Waals surface area contributed by atoms with Gasteiger partial charge in [-0.3, -0.25) is 14.4 Å². The van der Waals surface area contributed by atoms with Crippen LogP contribution in [0.15, 0.2) is 79.9 Å². The van der Waals surface area contributed by atoms with Crippen molar-refractivity contribution < 1.29 is 24.2 Å². The summed E-state index contributed by atoms with van der Waals surface area (Å²) >= 11 is 5.42. The van der Waals surface area contributed by atoms with Gasteiger partial charge in [0.2, 0.25) is 11.8 Å². The molecule has 8 nitrogen and oxygen atoms in total. The normalized spacial score (nSPS) is 27.9. The molecular weight excluding hydrogens is 630 g/mol. The molecule has 3 aliphatic heterocycles. The Hall–Kier alpha value is -3.08. The molecule has 3 fully saturated rings. The summed E-state index contributed by atoms with van der Waals surface area (Å²) in [6.07, 6.45) is 4.25. The number of carbonyl (C=O) groups excluding carboxylic acids is 3. The number of alkyl halides is 1. The number of fused-ring (bicyclic) bond motifs is 1. The van der Waals surface area contributed by atoms with Gasteiger partial charge in [0.05, 0.1) is 36.3 Å². The molecule has 1 N–H and O–H groups in total. The van der Waals surface area contributed by atoms with E-state index in [0.717, 1.165) is 5.56 Å². The van der Waals surface area contributed by atoms with E-state index < -0.39 is 28.7 Å². The Kier molecular flexibility index (Phi) is 9.39. The molecule has 0 radical (unpaired) electrons. The first kappa shape index (κ1) is 31.3. The van der Waals surface area contributed by atoms with Crippen molar-refractivity contribution in [2.24, 2.45) is 11.8 Å². The highest BCUT2D eigenvalue weighted by Crippen LogP contribution is 2.68. The number of aliphatic hydroxyl groups excluding tert-OH is 1. The molecule has 228 valence electrons. The van der Waals surface area contributed by atoms with Crippen LogP contribution in [0.2, 0.25) is 0 Å². The fraction of sp³-hybridized carbons (Fsp3) is 0.424. The lowest BCUT2D eigenvalue weighted by Gasteiger charge is -2.40. The summed E-state index contributed by atoms with van der Waals surface area (Å²) in [4.78, 5) is 48.3. The molecule has 3 heterocycles. The molecule has 3 unspecified atom stereocenters. The minimum Gasteiger partial charge on any atom is -0.497 e. The van der Waals surface area contributed by atoms with Gasteiger partial charge < -0.3 is 24.5 Å². The van der Waals surface area contributed by atoms with Crippen molar-refractivity contribution in [2.45, 2.75) is 39.7 Å². The van der Waals surface area contributed by atoms with E-state index >= 15 is 0 Å². The second-order valence-electron chi connectivity index (χ2n) is 11.4. The van der Waals surface area contributed by atoms with Crippen LogP contribution in [0.1, 0.15) is 12.0 Å². The predicted molar refractivity (Wildman–Crippen MR) is 173 cm³/mol. The Balaban J connectivity index is 1.62. The fourth-order valence-corrected chi connectivity index (χ4v) is 10.6. The van der Waals surface area contributed by atoms with Crippen LogP contribution in [0.4, 0.5) is 5.69 Å². The van der Waals surface area contributed by atoms with Crippen LogP contribution >= 0.6 is 27.7 Å². The highest BCUT2D eigenvalue weighted by molar-refractivity contribution is 9.09. The van der Waals surface area contributed by atoms with Gasteiger partial charge in [-0.1, -0.05) is 58.4 Å². The highest BCUT2D eigenvalue weighted by Gasteiger charge is 2.76. The number of carbonyl (C=O) groups is 3. The van der Waals surface area contributed by atoms with E-state index in [0.29, 0.717) is 30.8 Å². The number of amides is 3. The number of hydrogen-bond donors (Lipinski definition) is 1. The van der Waals surface area contributed by atoms with Crippen LogP contribution in [0.3, 0.4) is 0 Å². The maximum atomic E-state index is 14.9. The molecule has 3 aliphatic rings. The lowest BCUT2D eigenvalue weighted by Crippen LogP contribution is -2.58. The van der Waals surface area contributed by atoms with Gasteiger partial charge in [0.1, 0.15) is 11.8 Å². The molecule has 3 saturated heterocycles. The number of methoxy groups -OCH3 is 1. The number of likely N-dealkylation sites (N-methyl/N-ethyl adjacent to an activating group) is 1. The van der Waals surface area contributed by atoms with Gasteiger partial charge >= 0.3 is 0 Å². The smallest absolute Gasteiger partial charge is 0.251 e. The van der Waals surface area contributed by atoms with E-state index in [1.165, 1.54) is 0 Å². The van der Waals surface area contributed by atoms with Crippen LogP contribution in [-0.2, 0) is 20.8 Å². The lowest BCUT2D eigenvalue weighted by atomic mass is 9.70. The summed E-state index contributed by atoms with van der Waals surface area (Å²) in [7, 11) is 3.30. The monoisotopic (exact) mass is 667 g/mol. The fourth-order valence-electron chi connectivity index (χ4n) is 7.06. The number of benzene rings is 2. The number of thioether (sulfide) groups is 1. The first-order valence-corrected chi connectivity index (χ1v) is 16.2. The molecule has 0 aromatic heterocycles. The Morgan fingerprint density at radius 1 is 1.14 bits per heavy atom. The highest BCUT2D eigenvalue weighted by atomic mass is 79.9. The van der Waals surface area contributed by atoms with E-state index in [4.69, 9.17) is 4.74 Å². The molecule has 7 atom stereocenters. The van der Waals surface area contributed by atoms with Crippen molar-refractivity contribution in [2.75, 3.05) is 38.8 Å². The molecule has 43 heavy (non-hydrogen) atoms. The zero-order chi connectivity index (χ0) is 30.9. The van der Waals surface area contributed by atoms with E-state index in [9.17, 15) is 19.5 Å². The average molecular weight is 669 g/mol. The quantitative estimate of drug-likeness (QED) is 0.273. The average Bonchev–Trinajstić information content (AvgIpc) is 3.62. The van der Waals surface area contributed by atoms with Crippen molar-refractivity contribution in [1.82, 2.24) is 9.80 Å². The first-order chi connectivity index (χ1) is 20.7. The standard InChI is InChI=1S/C33H38BrN3O5S/c1-5-16-35(3)30(39)26-27-31(40)37(23(20-38)18-21-10-8-7-9-11-21)29(33(27)19-25(34)28(26)43-33)32(41)36(17-6-2)22-12-14-24(42-4)15-13-22/h5-15,23,25-29,38H,1-2,16-20H2,3-4H3/t23-,25?,26-,27+,28-,29?,33?/m1/s1. The van der Waals surface area contributed by atoms with Crippen LogP contribution in [-0.4, -0.2) is 93.4 Å². The van der Waals surface area contributed by atoms with Crippen molar-refractivity contribution in [1.29, 1.82) is 0 Å². The summed E-state index contributed by atoms with van der Waals surface area (Å²) in [6.45, 7) is 7.93. The Morgan fingerprint density at radius 3 is 2.42 bits per heavy atom. The number of rotatable bonds is 12. The van der Waals surface area contributed by atoms with Gasteiger partial charge in [0.15, 0.2) is 0 Å². The number of hydrogen-bond acceptors (Lipinski definition) is 6. The second-order valence-corrected chi connectivity index (χ2v) is 14.1. The Morgan fingerprint density at radius 2 is 1.81 bits per heavy atom. The molecule has 1 spiro atoms. The Labute approximate surface area is 265 Å². The third-order valence-corrected chi connectivity index (χ3v) is 12.1. The third kappa shape index (κ3) is 5.42. The number of halogens is 1. The number of likely N-dealkylation sites (tertiary alicyclic amines) is 1. The predicted octanol–water partition coefficient (Wildman–Crippen LogP) is 3.93. The van der Waals surface area contributed by atoms with Gasteiger partial charge in [-0.15, -0.1) is 24.9 Å². The van der Waals surface area contributed by atoms with Crippen LogP contribution < -0.4 is 9.64 Å². The molecule has 10 heteroatoms. The molecule has 3 amide bonds. The number of aliphatic hydroxyl groups is 1. The molecule has 0 saturated carbocycles. The van der Waals surface area contributed by atoms with E-state index in [-0.39, 0.29) is 41.0 Å². The summed E-state index contributed by atoms with van der Waals surface area (Å²) < 4.78 is 4.48. The number of nitrogens with zero attached hydrogens (tertiary/aromatic N) is 3. The van der Waals surface area contributed by atoms with Gasteiger partial charge in [0.25, 0.3) is 5.91 Å². The molecule has 2 aromatic carbocycles. The number of anilines is 1. The maximum Gasteiger partial charge on any atom is 0.251 e. The largest absolute Gasteiger partial charge is 0.497 e. The van der Waals surface area contributed by atoms with Gasteiger partial charge in [-0.2, -0.15) is 0 Å². The molecular formula is C33H38BrN3O5S. The third-order valence-electron chi connectivity index (χ3n) is 8.91. The molecule has 2 bridgehead atoms.